The second-order valence-electron chi connectivity index (χ2n) is 5.61. The number of hydrogen-bond acceptors (Lipinski definition) is 4. The molecule has 0 spiro atoms. The zero-order valence-electron chi connectivity index (χ0n) is 14.0. The topological polar surface area (TPSA) is 64.4 Å². The molecule has 1 aromatic heterocycles. The predicted octanol–water partition coefficient (Wildman–Crippen LogP) is 2.22. The molecule has 0 saturated carbocycles. The van der Waals surface area contributed by atoms with Crippen LogP contribution in [0.15, 0.2) is 35.5 Å². The molecule has 1 heterocycles. The van der Waals surface area contributed by atoms with Gasteiger partial charge in [0.1, 0.15) is 16.5 Å². The Morgan fingerprint density at radius 1 is 1.26 bits per heavy atom. The number of aromatic nitrogens is 2. The van der Waals surface area contributed by atoms with Gasteiger partial charge in [-0.1, -0.05) is 6.07 Å². The Morgan fingerprint density at radius 3 is 2.61 bits per heavy atom. The van der Waals surface area contributed by atoms with Crippen molar-refractivity contribution in [3.63, 3.8) is 0 Å². The van der Waals surface area contributed by atoms with E-state index in [4.69, 9.17) is 4.74 Å². The fraction of sp³-hybridized carbons (Fsp3) is 0.438. The van der Waals surface area contributed by atoms with Crippen molar-refractivity contribution >= 4 is 10.0 Å². The number of rotatable bonds is 7. The first-order valence-electron chi connectivity index (χ1n) is 7.46. The van der Waals surface area contributed by atoms with Crippen molar-refractivity contribution < 1.29 is 13.2 Å². The van der Waals surface area contributed by atoms with Crippen LogP contribution in [0.2, 0.25) is 0 Å². The van der Waals surface area contributed by atoms with Crippen molar-refractivity contribution in [3.05, 3.63) is 42.0 Å². The summed E-state index contributed by atoms with van der Waals surface area (Å²) in [6.07, 6.45) is 4.45. The predicted molar refractivity (Wildman–Crippen MR) is 89.1 cm³/mol. The van der Waals surface area contributed by atoms with Gasteiger partial charge in [-0.05, 0) is 38.0 Å². The second-order valence-corrected chi connectivity index (χ2v) is 7.73. The Balaban J connectivity index is 2.07. The van der Waals surface area contributed by atoms with E-state index in [2.05, 4.69) is 4.98 Å². The highest BCUT2D eigenvalue weighted by molar-refractivity contribution is 7.89. The third kappa shape index (κ3) is 4.11. The highest BCUT2D eigenvalue weighted by Gasteiger charge is 2.22. The fourth-order valence-electron chi connectivity index (χ4n) is 2.19. The Kier molecular flexibility index (Phi) is 5.43. The molecule has 0 radical (unpaired) electrons. The zero-order chi connectivity index (χ0) is 17.0. The summed E-state index contributed by atoms with van der Waals surface area (Å²) in [5.74, 6) is 1.35. The molecular formula is C16H23N3O3S. The van der Waals surface area contributed by atoms with Crippen molar-refractivity contribution in [2.75, 3.05) is 20.7 Å². The minimum atomic E-state index is -3.52. The monoisotopic (exact) mass is 337 g/mol. The maximum Gasteiger partial charge on any atom is 0.246 e. The number of nitrogens with zero attached hydrogens (tertiary/aromatic N) is 3. The number of imidazole rings is 1. The van der Waals surface area contributed by atoms with Crippen molar-refractivity contribution in [1.29, 1.82) is 0 Å². The minimum Gasteiger partial charge on any atom is -0.492 e. The lowest BCUT2D eigenvalue weighted by molar-refractivity contribution is 0.293. The van der Waals surface area contributed by atoms with Gasteiger partial charge in [0, 0.05) is 33.0 Å². The van der Waals surface area contributed by atoms with Crippen molar-refractivity contribution in [3.8, 4) is 5.75 Å². The van der Waals surface area contributed by atoms with Crippen LogP contribution in [0.3, 0.4) is 0 Å². The molecule has 0 bridgehead atoms. The molecule has 23 heavy (non-hydrogen) atoms. The van der Waals surface area contributed by atoms with Gasteiger partial charge in [0.05, 0.1) is 6.61 Å². The van der Waals surface area contributed by atoms with E-state index in [1.165, 1.54) is 18.4 Å². The van der Waals surface area contributed by atoms with E-state index in [0.717, 1.165) is 24.4 Å². The van der Waals surface area contributed by atoms with E-state index in [9.17, 15) is 8.42 Å². The molecule has 0 aliphatic rings. The van der Waals surface area contributed by atoms with Gasteiger partial charge in [-0.3, -0.25) is 0 Å². The van der Waals surface area contributed by atoms with Crippen LogP contribution in [0.25, 0.3) is 0 Å². The maximum atomic E-state index is 12.4. The van der Waals surface area contributed by atoms with Gasteiger partial charge in [-0.15, -0.1) is 0 Å². The molecule has 0 aliphatic carbocycles. The number of ether oxygens (including phenoxy) is 1. The largest absolute Gasteiger partial charge is 0.492 e. The van der Waals surface area contributed by atoms with Crippen molar-refractivity contribution in [2.45, 2.75) is 31.7 Å². The smallest absolute Gasteiger partial charge is 0.246 e. The average Bonchev–Trinajstić information content (AvgIpc) is 2.90. The Morgan fingerprint density at radius 2 is 2.00 bits per heavy atom. The normalized spacial score (nSPS) is 11.9. The van der Waals surface area contributed by atoms with Crippen molar-refractivity contribution in [2.24, 2.45) is 0 Å². The first kappa shape index (κ1) is 17.5. The van der Waals surface area contributed by atoms with Gasteiger partial charge >= 0.3 is 0 Å². The molecule has 7 heteroatoms. The van der Waals surface area contributed by atoms with Gasteiger partial charge in [0.2, 0.25) is 10.0 Å². The zero-order valence-corrected chi connectivity index (χ0v) is 14.8. The summed E-state index contributed by atoms with van der Waals surface area (Å²) < 4.78 is 33.8. The molecule has 2 rings (SSSR count). The summed E-state index contributed by atoms with van der Waals surface area (Å²) in [6, 6.07) is 5.21. The van der Waals surface area contributed by atoms with Crippen LogP contribution in [0, 0.1) is 13.8 Å². The van der Waals surface area contributed by atoms with E-state index in [-0.39, 0.29) is 4.90 Å². The van der Waals surface area contributed by atoms with Crippen LogP contribution in [0.4, 0.5) is 0 Å². The molecule has 1 aromatic carbocycles. The lowest BCUT2D eigenvalue weighted by Gasteiger charge is -2.16. The van der Waals surface area contributed by atoms with E-state index in [0.29, 0.717) is 12.4 Å². The highest BCUT2D eigenvalue weighted by Crippen LogP contribution is 2.27. The number of sulfonamides is 1. The molecule has 0 amide bonds. The molecule has 6 nitrogen and oxygen atoms in total. The van der Waals surface area contributed by atoms with Gasteiger partial charge in [0.25, 0.3) is 0 Å². The van der Waals surface area contributed by atoms with Crippen LogP contribution in [0.1, 0.15) is 17.8 Å². The minimum absolute atomic E-state index is 0.210. The third-order valence-corrected chi connectivity index (χ3v) is 5.42. The standard InChI is InChI=1S/C16H23N3O3S/c1-13-6-7-15(16(12-13)23(20,21)18(3)4)22-11-5-9-19-10-8-17-14(19)2/h6-8,10,12H,5,9,11H2,1-4H3. The van der Waals surface area contributed by atoms with Gasteiger partial charge in [-0.25, -0.2) is 17.7 Å². The van der Waals surface area contributed by atoms with Crippen LogP contribution >= 0.6 is 0 Å². The van der Waals surface area contributed by atoms with Crippen LogP contribution in [-0.2, 0) is 16.6 Å². The van der Waals surface area contributed by atoms with E-state index < -0.39 is 10.0 Å². The highest BCUT2D eigenvalue weighted by atomic mass is 32.2. The summed E-state index contributed by atoms with van der Waals surface area (Å²) in [5, 5.41) is 0. The molecule has 0 saturated heterocycles. The third-order valence-electron chi connectivity index (χ3n) is 3.58. The summed E-state index contributed by atoms with van der Waals surface area (Å²) in [6.45, 7) is 5.03. The number of hydrogen-bond donors (Lipinski definition) is 0. The summed E-state index contributed by atoms with van der Waals surface area (Å²) in [7, 11) is -0.490. The van der Waals surface area contributed by atoms with E-state index in [1.54, 1.807) is 18.3 Å². The molecule has 0 N–H and O–H groups in total. The summed E-state index contributed by atoms with van der Waals surface area (Å²) >= 11 is 0. The fourth-order valence-corrected chi connectivity index (χ4v) is 3.30. The van der Waals surface area contributed by atoms with E-state index in [1.807, 2.05) is 30.7 Å². The molecule has 0 fully saturated rings. The van der Waals surface area contributed by atoms with E-state index >= 15 is 0 Å². The second kappa shape index (κ2) is 7.14. The lowest BCUT2D eigenvalue weighted by atomic mass is 10.2. The average molecular weight is 337 g/mol. The molecule has 0 aliphatic heterocycles. The summed E-state index contributed by atoms with van der Waals surface area (Å²) in [5.41, 5.74) is 0.881. The molecule has 2 aromatic rings. The SMILES string of the molecule is Cc1ccc(OCCCn2ccnc2C)c(S(=O)(=O)N(C)C)c1. The van der Waals surface area contributed by atoms with Gasteiger partial charge < -0.3 is 9.30 Å². The van der Waals surface area contributed by atoms with Crippen LogP contribution < -0.4 is 4.74 Å². The van der Waals surface area contributed by atoms with Crippen molar-refractivity contribution in [1.82, 2.24) is 13.9 Å². The molecular weight excluding hydrogens is 314 g/mol. The van der Waals surface area contributed by atoms with Gasteiger partial charge in [0.15, 0.2) is 0 Å². The molecule has 0 unspecified atom stereocenters. The molecule has 126 valence electrons. The quantitative estimate of drug-likeness (QED) is 0.727. The Bertz CT molecular complexity index is 767. The number of benzene rings is 1. The lowest BCUT2D eigenvalue weighted by Crippen LogP contribution is -2.23. The van der Waals surface area contributed by atoms with Crippen LogP contribution in [0.5, 0.6) is 5.75 Å². The number of aryl methyl sites for hydroxylation is 3. The summed E-state index contributed by atoms with van der Waals surface area (Å²) in [4.78, 5) is 4.38. The van der Waals surface area contributed by atoms with Crippen LogP contribution in [-0.4, -0.2) is 43.0 Å². The maximum absolute atomic E-state index is 12.4. The molecule has 0 atom stereocenters. The Labute approximate surface area is 137 Å². The first-order chi connectivity index (χ1) is 10.8. The van der Waals surface area contributed by atoms with Gasteiger partial charge in [-0.2, -0.15) is 0 Å². The Hall–Kier alpha value is -1.86. The first-order valence-corrected chi connectivity index (χ1v) is 8.90.